The quantitative estimate of drug-likeness (QED) is 0.256. The lowest BCUT2D eigenvalue weighted by atomic mass is 10.1. The van der Waals surface area contributed by atoms with Gasteiger partial charge in [0.2, 0.25) is 0 Å². The lowest BCUT2D eigenvalue weighted by Crippen LogP contribution is -2.16. The topological polar surface area (TPSA) is 119 Å². The number of alkyl halides is 3. The number of primary amides is 1. The summed E-state index contributed by atoms with van der Waals surface area (Å²) in [5.41, 5.74) is 3.64. The molecule has 1 aromatic heterocycles. The van der Waals surface area contributed by atoms with Crippen molar-refractivity contribution in [3.63, 3.8) is 0 Å². The van der Waals surface area contributed by atoms with Crippen LogP contribution in [0.3, 0.4) is 0 Å². The van der Waals surface area contributed by atoms with Gasteiger partial charge >= 0.3 is 18.3 Å². The molecule has 0 aliphatic carbocycles. The number of hydrogen-bond donors (Lipinski definition) is 3. The number of nitrogens with zero attached hydrogens (tertiary/aromatic N) is 1. The predicted molar refractivity (Wildman–Crippen MR) is 125 cm³/mol. The summed E-state index contributed by atoms with van der Waals surface area (Å²) < 4.78 is 78.3. The van der Waals surface area contributed by atoms with Crippen molar-refractivity contribution >= 4 is 17.7 Å². The molecule has 196 valence electrons. The molecule has 38 heavy (non-hydrogen) atoms. The third-order valence-corrected chi connectivity index (χ3v) is 5.17. The summed E-state index contributed by atoms with van der Waals surface area (Å²) in [6.07, 6.45) is -4.76. The third kappa shape index (κ3) is 5.88. The van der Waals surface area contributed by atoms with Crippen LogP contribution in [0.5, 0.6) is 17.5 Å². The van der Waals surface area contributed by atoms with E-state index in [1.165, 1.54) is 25.1 Å². The first kappa shape index (κ1) is 26.1. The molecule has 0 radical (unpaired) electrons. The van der Waals surface area contributed by atoms with Crippen molar-refractivity contribution in [2.45, 2.75) is 13.1 Å². The number of anilines is 1. The Morgan fingerprint density at radius 2 is 1.74 bits per heavy atom. The van der Waals surface area contributed by atoms with Gasteiger partial charge in [-0.2, -0.15) is 13.2 Å². The fourth-order valence-electron chi connectivity index (χ4n) is 3.41. The van der Waals surface area contributed by atoms with Crippen molar-refractivity contribution in [3.05, 3.63) is 89.1 Å². The number of H-pyrrole nitrogens is 1. The zero-order valence-electron chi connectivity index (χ0n) is 19.3. The Morgan fingerprint density at radius 3 is 2.42 bits per heavy atom. The van der Waals surface area contributed by atoms with Crippen molar-refractivity contribution in [1.29, 1.82) is 0 Å². The number of aromatic nitrogens is 2. The fraction of sp³-hybridized carbons (Fsp3) is 0.0800. The number of imidazole rings is 1. The van der Waals surface area contributed by atoms with E-state index in [2.05, 4.69) is 20.0 Å². The first-order chi connectivity index (χ1) is 17.9. The van der Waals surface area contributed by atoms with E-state index in [-0.39, 0.29) is 34.5 Å². The van der Waals surface area contributed by atoms with E-state index in [0.717, 1.165) is 36.5 Å². The normalized spacial score (nSPS) is 11.2. The number of aryl methyl sites for hydroxylation is 1. The van der Waals surface area contributed by atoms with E-state index in [1.807, 2.05) is 0 Å². The van der Waals surface area contributed by atoms with Crippen molar-refractivity contribution in [2.24, 2.45) is 5.73 Å². The molecule has 4 N–H and O–H groups in total. The molecule has 0 unspecified atom stereocenters. The van der Waals surface area contributed by atoms with E-state index in [9.17, 15) is 31.5 Å². The summed E-state index contributed by atoms with van der Waals surface area (Å²) in [5, 5.41) is 2.41. The molecule has 0 saturated heterocycles. The second-order valence-electron chi connectivity index (χ2n) is 7.89. The van der Waals surface area contributed by atoms with Crippen LogP contribution in [-0.4, -0.2) is 22.0 Å². The highest BCUT2D eigenvalue weighted by Gasteiger charge is 2.32. The zero-order chi connectivity index (χ0) is 27.6. The number of hydrogen-bond acceptors (Lipinski definition) is 5. The van der Waals surface area contributed by atoms with Crippen LogP contribution in [0.2, 0.25) is 0 Å². The van der Waals surface area contributed by atoms with Crippen LogP contribution in [0.15, 0.2) is 60.8 Å². The number of carbonyl (C=O) groups is 2. The van der Waals surface area contributed by atoms with Gasteiger partial charge in [-0.15, -0.1) is 0 Å². The minimum atomic E-state index is -4.76. The van der Waals surface area contributed by atoms with E-state index in [4.69, 9.17) is 10.5 Å². The highest BCUT2D eigenvalue weighted by Crippen LogP contribution is 2.35. The van der Waals surface area contributed by atoms with Gasteiger partial charge in [-0.3, -0.25) is 4.79 Å². The predicted octanol–water partition coefficient (Wildman–Crippen LogP) is 6.18. The Balaban J connectivity index is 1.67. The number of ether oxygens (including phenoxy) is 2. The number of nitrogens with two attached hydrogens (primary N) is 1. The van der Waals surface area contributed by atoms with Crippen LogP contribution < -0.4 is 20.5 Å². The zero-order valence-corrected chi connectivity index (χ0v) is 19.3. The van der Waals surface area contributed by atoms with Gasteiger partial charge < -0.3 is 25.5 Å². The Hall–Kier alpha value is -4.94. The Labute approximate surface area is 211 Å². The van der Waals surface area contributed by atoms with Gasteiger partial charge in [0.25, 0.3) is 5.91 Å². The molecule has 4 aromatic rings. The summed E-state index contributed by atoms with van der Waals surface area (Å²) in [6, 6.07) is 8.93. The van der Waals surface area contributed by atoms with Crippen molar-refractivity contribution < 1.29 is 41.0 Å². The number of nitrogens with one attached hydrogen (secondary N) is 2. The fourth-order valence-corrected chi connectivity index (χ4v) is 3.41. The summed E-state index contributed by atoms with van der Waals surface area (Å²) in [4.78, 5) is 30.2. The second-order valence-corrected chi connectivity index (χ2v) is 7.89. The van der Waals surface area contributed by atoms with Crippen LogP contribution in [0.4, 0.5) is 32.4 Å². The Bertz CT molecular complexity index is 1530. The molecular formula is C25H17F5N4O4. The van der Waals surface area contributed by atoms with Crippen molar-refractivity contribution in [1.82, 2.24) is 9.97 Å². The van der Waals surface area contributed by atoms with E-state index >= 15 is 0 Å². The molecule has 0 fully saturated rings. The van der Waals surface area contributed by atoms with Gasteiger partial charge in [0.1, 0.15) is 23.1 Å². The van der Waals surface area contributed by atoms with E-state index < -0.39 is 40.9 Å². The van der Waals surface area contributed by atoms with Crippen LogP contribution in [-0.2, 0) is 6.18 Å². The highest BCUT2D eigenvalue weighted by molar-refractivity contribution is 6.06. The minimum Gasteiger partial charge on any atom is -0.456 e. The Morgan fingerprint density at radius 1 is 1.00 bits per heavy atom. The molecule has 0 saturated carbocycles. The first-order valence-corrected chi connectivity index (χ1v) is 10.7. The van der Waals surface area contributed by atoms with E-state index in [1.54, 1.807) is 0 Å². The maximum atomic E-state index is 14.5. The molecule has 4 rings (SSSR count). The lowest BCUT2D eigenvalue weighted by Gasteiger charge is -2.16. The molecule has 2 amide bonds. The van der Waals surface area contributed by atoms with Crippen LogP contribution in [0.1, 0.15) is 21.5 Å². The minimum absolute atomic E-state index is 0.0136. The summed E-state index contributed by atoms with van der Waals surface area (Å²) in [7, 11) is 0. The number of halogens is 5. The number of benzene rings is 3. The third-order valence-electron chi connectivity index (χ3n) is 5.17. The SMILES string of the molecule is Cc1cc(F)ccc1Oc1ccc(C(F)(F)F)cc1C(=O)Nc1ccc(F)c(-c2cnc(OC(N)=O)[nH]2)c1. The van der Waals surface area contributed by atoms with Gasteiger partial charge in [-0.25, -0.2) is 18.6 Å². The number of carbonyl (C=O) groups excluding carboxylic acids is 2. The van der Waals surface area contributed by atoms with Gasteiger partial charge in [-0.1, -0.05) is 0 Å². The molecule has 3 aromatic carbocycles. The van der Waals surface area contributed by atoms with Crippen molar-refractivity contribution in [3.8, 4) is 28.8 Å². The van der Waals surface area contributed by atoms with Gasteiger partial charge in [0, 0.05) is 11.3 Å². The maximum absolute atomic E-state index is 14.5. The molecule has 0 atom stereocenters. The van der Waals surface area contributed by atoms with Crippen LogP contribution >= 0.6 is 0 Å². The molecule has 0 aliphatic heterocycles. The first-order valence-electron chi connectivity index (χ1n) is 10.7. The smallest absolute Gasteiger partial charge is 0.416 e. The summed E-state index contributed by atoms with van der Waals surface area (Å²) in [5.74, 6) is -2.39. The molecule has 8 nitrogen and oxygen atoms in total. The average molecular weight is 532 g/mol. The monoisotopic (exact) mass is 532 g/mol. The second kappa shape index (κ2) is 10.2. The molecule has 1 heterocycles. The molecule has 0 bridgehead atoms. The van der Waals surface area contributed by atoms with Gasteiger partial charge in [0.05, 0.1) is 23.0 Å². The summed E-state index contributed by atoms with van der Waals surface area (Å²) >= 11 is 0. The van der Waals surface area contributed by atoms with E-state index in [0.29, 0.717) is 11.6 Å². The number of rotatable bonds is 6. The standard InChI is InChI=1S/C25H17F5N4O4/c1-12-8-14(26)3-7-20(12)37-21-6-2-13(25(28,29)30)9-17(21)22(35)33-15-4-5-18(27)16(10-15)19-11-32-24(34-19)38-23(31)36/h2-11H,1H3,(H2,31,36)(H,32,34)(H,33,35). The van der Waals surface area contributed by atoms with Crippen molar-refractivity contribution in [2.75, 3.05) is 5.32 Å². The largest absolute Gasteiger partial charge is 0.456 e. The number of amides is 2. The molecule has 0 spiro atoms. The number of aromatic amines is 1. The summed E-state index contributed by atoms with van der Waals surface area (Å²) in [6.45, 7) is 1.53. The molecule has 13 heteroatoms. The van der Waals surface area contributed by atoms with Gasteiger partial charge in [-0.05, 0) is 67.1 Å². The lowest BCUT2D eigenvalue weighted by molar-refractivity contribution is -0.137. The average Bonchev–Trinajstić information content (AvgIpc) is 3.29. The highest BCUT2D eigenvalue weighted by atomic mass is 19.4. The molecular weight excluding hydrogens is 515 g/mol. The van der Waals surface area contributed by atoms with Gasteiger partial charge in [0.15, 0.2) is 0 Å². The maximum Gasteiger partial charge on any atom is 0.416 e. The van der Waals surface area contributed by atoms with Crippen LogP contribution in [0, 0.1) is 18.6 Å². The Kier molecular flexibility index (Phi) is 7.02. The molecule has 0 aliphatic rings. The van der Waals surface area contributed by atoms with Crippen LogP contribution in [0.25, 0.3) is 11.3 Å².